The first-order valence-corrected chi connectivity index (χ1v) is 4.92. The zero-order chi connectivity index (χ0) is 8.69. The molecule has 1 amide bonds. The second-order valence-electron chi connectivity index (χ2n) is 2.37. The number of hydrogen-bond acceptors (Lipinski definition) is 3. The summed E-state index contributed by atoms with van der Waals surface area (Å²) in [6.45, 7) is 2.11. The maximum atomic E-state index is 10.3. The van der Waals surface area contributed by atoms with Crippen LogP contribution in [0.2, 0.25) is 0 Å². The molecule has 65 valence electrons. The predicted octanol–water partition coefficient (Wildman–Crippen LogP) is 0.657. The summed E-state index contributed by atoms with van der Waals surface area (Å²) in [7, 11) is 0. The number of amides is 1. The summed E-state index contributed by atoms with van der Waals surface area (Å²) in [6.07, 6.45) is 1.78. The predicted molar refractivity (Wildman–Crippen MR) is 48.3 cm³/mol. The lowest BCUT2D eigenvalue weighted by Crippen LogP contribution is -2.31. The van der Waals surface area contributed by atoms with Crippen molar-refractivity contribution in [3.8, 4) is 0 Å². The van der Waals surface area contributed by atoms with Crippen LogP contribution in [0, 0.1) is 0 Å². The Labute approximate surface area is 71.9 Å². The van der Waals surface area contributed by atoms with Crippen molar-refractivity contribution in [2.75, 3.05) is 11.5 Å². The van der Waals surface area contributed by atoms with Crippen LogP contribution in [0.1, 0.15) is 19.8 Å². The molecule has 0 saturated carbocycles. The largest absolute Gasteiger partial charge is 0.320 e. The van der Waals surface area contributed by atoms with Crippen molar-refractivity contribution in [3.05, 3.63) is 0 Å². The van der Waals surface area contributed by atoms with Crippen LogP contribution in [0.25, 0.3) is 0 Å². The van der Waals surface area contributed by atoms with Gasteiger partial charge in [-0.3, -0.25) is 10.5 Å². The fourth-order valence-corrected chi connectivity index (χ4v) is 1.50. The van der Waals surface area contributed by atoms with Gasteiger partial charge in [0.2, 0.25) is 0 Å². The lowest BCUT2D eigenvalue weighted by Gasteiger charge is -2.04. The molecule has 1 unspecified atom stereocenters. The minimum atomic E-state index is -0.651. The second-order valence-corrected chi connectivity index (χ2v) is 3.60. The zero-order valence-electron chi connectivity index (χ0n) is 6.80. The van der Waals surface area contributed by atoms with Gasteiger partial charge in [-0.1, -0.05) is 6.92 Å². The van der Waals surface area contributed by atoms with Crippen molar-refractivity contribution in [3.63, 3.8) is 0 Å². The molecule has 1 radical (unpaired) electrons. The summed E-state index contributed by atoms with van der Waals surface area (Å²) in [4.78, 5) is 10.3. The molecule has 3 N–H and O–H groups in total. The molecular formula is C7H15N2OS. The van der Waals surface area contributed by atoms with Gasteiger partial charge < -0.3 is 5.73 Å². The van der Waals surface area contributed by atoms with Crippen LogP contribution < -0.4 is 11.5 Å². The fourth-order valence-electron chi connectivity index (χ4n) is 0.588. The van der Waals surface area contributed by atoms with E-state index in [0.29, 0.717) is 6.42 Å². The number of nitrogens with one attached hydrogen (secondary N) is 1. The molecule has 0 bridgehead atoms. The van der Waals surface area contributed by atoms with Crippen molar-refractivity contribution in [2.45, 2.75) is 25.8 Å². The summed E-state index contributed by atoms with van der Waals surface area (Å²) in [6, 6.07) is -0.570. The third-order valence-corrected chi connectivity index (χ3v) is 2.48. The van der Waals surface area contributed by atoms with E-state index in [2.05, 4.69) is 6.92 Å². The number of carbonyl (C=O) groups is 1. The molecule has 0 aromatic heterocycles. The first-order valence-electron chi connectivity index (χ1n) is 3.77. The molecular weight excluding hydrogens is 160 g/mol. The first-order chi connectivity index (χ1) is 5.18. The smallest absolute Gasteiger partial charge is 0.255 e. The van der Waals surface area contributed by atoms with Gasteiger partial charge in [0.05, 0.1) is 6.04 Å². The Kier molecular flexibility index (Phi) is 6.36. The Morgan fingerprint density at radius 1 is 1.64 bits per heavy atom. The minimum Gasteiger partial charge on any atom is -0.320 e. The van der Waals surface area contributed by atoms with Gasteiger partial charge in [0, 0.05) is 0 Å². The van der Waals surface area contributed by atoms with E-state index in [9.17, 15) is 4.79 Å². The summed E-state index contributed by atoms with van der Waals surface area (Å²) in [5.41, 5.74) is 12.0. The molecule has 3 nitrogen and oxygen atoms in total. The van der Waals surface area contributed by atoms with E-state index < -0.39 is 11.9 Å². The highest BCUT2D eigenvalue weighted by Crippen LogP contribution is 2.05. The maximum absolute atomic E-state index is 10.3. The highest BCUT2D eigenvalue weighted by Gasteiger charge is 2.08. The molecule has 0 rings (SSSR count). The summed E-state index contributed by atoms with van der Waals surface area (Å²) >= 11 is 1.78. The van der Waals surface area contributed by atoms with Crippen LogP contribution in [0.3, 0.4) is 0 Å². The number of nitrogens with two attached hydrogens (primary N) is 1. The van der Waals surface area contributed by atoms with Crippen LogP contribution in [-0.2, 0) is 4.79 Å². The molecule has 0 aromatic rings. The van der Waals surface area contributed by atoms with Crippen molar-refractivity contribution >= 4 is 17.7 Å². The van der Waals surface area contributed by atoms with Gasteiger partial charge in [0.25, 0.3) is 5.91 Å². The molecule has 0 aliphatic carbocycles. The van der Waals surface area contributed by atoms with Gasteiger partial charge in [-0.2, -0.15) is 11.8 Å². The third-order valence-electron chi connectivity index (χ3n) is 1.26. The molecule has 0 fully saturated rings. The van der Waals surface area contributed by atoms with Crippen LogP contribution >= 0.6 is 11.8 Å². The lowest BCUT2D eigenvalue weighted by atomic mass is 10.2. The van der Waals surface area contributed by atoms with Gasteiger partial charge >= 0.3 is 0 Å². The zero-order valence-corrected chi connectivity index (χ0v) is 7.62. The highest BCUT2D eigenvalue weighted by atomic mass is 32.2. The lowest BCUT2D eigenvalue weighted by molar-refractivity contribution is -0.119. The van der Waals surface area contributed by atoms with Crippen molar-refractivity contribution in [1.82, 2.24) is 5.73 Å². The Balaban J connectivity index is 3.17. The molecule has 11 heavy (non-hydrogen) atoms. The average Bonchev–Trinajstić information content (AvgIpc) is 1.97. The summed E-state index contributed by atoms with van der Waals surface area (Å²) < 4.78 is 0. The van der Waals surface area contributed by atoms with Crippen molar-refractivity contribution in [1.29, 1.82) is 0 Å². The molecule has 0 heterocycles. The Bertz CT molecular complexity index is 119. The van der Waals surface area contributed by atoms with E-state index in [-0.39, 0.29) is 0 Å². The van der Waals surface area contributed by atoms with E-state index >= 15 is 0 Å². The summed E-state index contributed by atoms with van der Waals surface area (Å²) in [5.74, 6) is 1.35. The molecule has 0 aromatic carbocycles. The van der Waals surface area contributed by atoms with E-state index in [1.807, 2.05) is 0 Å². The van der Waals surface area contributed by atoms with Crippen LogP contribution in [0.4, 0.5) is 0 Å². The van der Waals surface area contributed by atoms with Gasteiger partial charge in [0.1, 0.15) is 0 Å². The number of hydrogen-bond donors (Lipinski definition) is 1. The van der Waals surface area contributed by atoms with Crippen LogP contribution in [0.5, 0.6) is 0 Å². The molecule has 0 aliphatic heterocycles. The van der Waals surface area contributed by atoms with Crippen molar-refractivity contribution < 1.29 is 4.79 Å². The van der Waals surface area contributed by atoms with Crippen molar-refractivity contribution in [2.24, 2.45) is 5.73 Å². The van der Waals surface area contributed by atoms with Gasteiger partial charge in [-0.15, -0.1) is 0 Å². The Hall–Kier alpha value is -0.220. The van der Waals surface area contributed by atoms with Gasteiger partial charge in [0.15, 0.2) is 0 Å². The number of thioether (sulfide) groups is 1. The van der Waals surface area contributed by atoms with E-state index in [0.717, 1.165) is 17.9 Å². The molecule has 1 atom stereocenters. The van der Waals surface area contributed by atoms with Gasteiger partial charge in [-0.05, 0) is 24.3 Å². The average molecular weight is 175 g/mol. The second kappa shape index (κ2) is 6.49. The Morgan fingerprint density at radius 2 is 2.27 bits per heavy atom. The number of rotatable bonds is 6. The first kappa shape index (κ1) is 10.8. The van der Waals surface area contributed by atoms with E-state index in [4.69, 9.17) is 11.5 Å². The molecule has 4 heteroatoms. The minimum absolute atomic E-state index is 0.570. The summed E-state index contributed by atoms with van der Waals surface area (Å²) in [5, 5.41) is 0. The molecule has 0 spiro atoms. The monoisotopic (exact) mass is 175 g/mol. The number of carbonyl (C=O) groups excluding carboxylic acids is 1. The van der Waals surface area contributed by atoms with Crippen LogP contribution in [-0.4, -0.2) is 23.5 Å². The van der Waals surface area contributed by atoms with E-state index in [1.54, 1.807) is 11.8 Å². The molecule has 0 saturated heterocycles. The normalized spacial score (nSPS) is 12.9. The standard InChI is InChI=1S/C7H15N2OS/c1-2-4-11-5-3-6(8)7(9)10/h6,9H,2-5,8H2,1H3. The van der Waals surface area contributed by atoms with E-state index in [1.165, 1.54) is 0 Å². The Morgan fingerprint density at radius 3 is 2.73 bits per heavy atom. The van der Waals surface area contributed by atoms with Gasteiger partial charge in [-0.25, -0.2) is 0 Å². The van der Waals surface area contributed by atoms with Crippen LogP contribution in [0.15, 0.2) is 0 Å². The highest BCUT2D eigenvalue weighted by molar-refractivity contribution is 7.99. The topological polar surface area (TPSA) is 66.9 Å². The SMILES string of the molecule is CCCSCCC(N)C([NH])=O. The third kappa shape index (κ3) is 6.19. The quantitative estimate of drug-likeness (QED) is 0.603. The fraction of sp³-hybridized carbons (Fsp3) is 0.857. The maximum Gasteiger partial charge on any atom is 0.255 e. The molecule has 0 aliphatic rings.